The van der Waals surface area contributed by atoms with E-state index in [1.807, 2.05) is 26.8 Å². The van der Waals surface area contributed by atoms with Gasteiger partial charge in [0.1, 0.15) is 16.7 Å². The molecule has 2 heterocycles. The first-order chi connectivity index (χ1) is 18.0. The van der Waals surface area contributed by atoms with Gasteiger partial charge in [-0.1, -0.05) is 19.1 Å². The third-order valence-corrected chi connectivity index (χ3v) is 7.12. The highest BCUT2D eigenvalue weighted by Crippen LogP contribution is 2.34. The summed E-state index contributed by atoms with van der Waals surface area (Å²) < 4.78 is 17.8. The van der Waals surface area contributed by atoms with Gasteiger partial charge in [-0.3, -0.25) is 24.3 Å². The first-order valence-electron chi connectivity index (χ1n) is 11.8. The summed E-state index contributed by atoms with van der Waals surface area (Å²) in [5, 5.41) is 3.78. The molecular formula is C27H27FN6O3S. The standard InChI is InChI=1S/C27H27FN6O3S/c1-4-27(2,3)32-25(36)22(16-7-12-19-15(14-16)6-5-13-31-19)34(18-10-8-17(28)9-11-18)26(37)23-20(29)21(24(30)35)33-38-23/h5-14,22H,4,29H2,1-3H3,(H2,30,35)(H,32,36)/t22-/m1/s1. The summed E-state index contributed by atoms with van der Waals surface area (Å²) in [6, 6.07) is 12.9. The molecule has 0 saturated carbocycles. The Morgan fingerprint density at radius 3 is 2.47 bits per heavy atom. The highest BCUT2D eigenvalue weighted by Gasteiger charge is 2.37. The van der Waals surface area contributed by atoms with E-state index in [4.69, 9.17) is 11.5 Å². The molecule has 0 aliphatic rings. The van der Waals surface area contributed by atoms with Gasteiger partial charge < -0.3 is 16.8 Å². The third-order valence-electron chi connectivity index (χ3n) is 6.27. The lowest BCUT2D eigenvalue weighted by Crippen LogP contribution is -2.50. The smallest absolute Gasteiger partial charge is 0.273 e. The van der Waals surface area contributed by atoms with Gasteiger partial charge in [-0.15, -0.1) is 0 Å². The Kier molecular flexibility index (Phi) is 7.40. The van der Waals surface area contributed by atoms with Crippen LogP contribution in [0.1, 0.15) is 59.0 Å². The fourth-order valence-electron chi connectivity index (χ4n) is 3.90. The van der Waals surface area contributed by atoms with Crippen LogP contribution in [0.15, 0.2) is 60.8 Å². The molecule has 0 aliphatic heterocycles. The van der Waals surface area contributed by atoms with E-state index in [2.05, 4.69) is 14.7 Å². The van der Waals surface area contributed by atoms with Crippen LogP contribution in [0.5, 0.6) is 0 Å². The molecule has 11 heteroatoms. The molecule has 5 N–H and O–H groups in total. The van der Waals surface area contributed by atoms with Gasteiger partial charge in [-0.25, -0.2) is 4.39 Å². The molecule has 196 valence electrons. The van der Waals surface area contributed by atoms with Gasteiger partial charge in [-0.2, -0.15) is 4.37 Å². The number of pyridine rings is 1. The number of primary amides is 1. The van der Waals surface area contributed by atoms with Crippen LogP contribution in [0.2, 0.25) is 0 Å². The molecule has 0 bridgehead atoms. The SMILES string of the molecule is CCC(C)(C)NC(=O)[C@@H](c1ccc2ncccc2c1)N(C(=O)c1snc(C(N)=O)c1N)c1ccc(F)cc1. The molecule has 3 amide bonds. The van der Waals surface area contributed by atoms with Gasteiger partial charge in [0.05, 0.1) is 11.2 Å². The van der Waals surface area contributed by atoms with E-state index >= 15 is 0 Å². The Morgan fingerprint density at radius 2 is 1.84 bits per heavy atom. The van der Waals surface area contributed by atoms with E-state index in [9.17, 15) is 18.8 Å². The molecule has 1 atom stereocenters. The van der Waals surface area contributed by atoms with Gasteiger partial charge in [-0.05, 0) is 79.8 Å². The molecule has 0 fully saturated rings. The second-order valence-corrected chi connectivity index (χ2v) is 10.1. The van der Waals surface area contributed by atoms with E-state index < -0.39 is 35.1 Å². The Labute approximate surface area is 222 Å². The van der Waals surface area contributed by atoms with Crippen molar-refractivity contribution in [3.8, 4) is 0 Å². The maximum atomic E-state index is 14.1. The Hall–Kier alpha value is -4.38. The summed E-state index contributed by atoms with van der Waals surface area (Å²) in [6.07, 6.45) is 2.29. The number of carbonyl (C=O) groups is 3. The Morgan fingerprint density at radius 1 is 1.13 bits per heavy atom. The average molecular weight is 535 g/mol. The van der Waals surface area contributed by atoms with Crippen molar-refractivity contribution in [2.75, 3.05) is 10.6 Å². The number of nitrogens with two attached hydrogens (primary N) is 2. The second kappa shape index (κ2) is 10.5. The van der Waals surface area contributed by atoms with E-state index in [1.165, 1.54) is 29.2 Å². The lowest BCUT2D eigenvalue weighted by Gasteiger charge is -2.34. The molecule has 2 aromatic heterocycles. The molecular weight excluding hydrogens is 507 g/mol. The van der Waals surface area contributed by atoms with Crippen LogP contribution in [-0.2, 0) is 4.79 Å². The highest BCUT2D eigenvalue weighted by atomic mass is 32.1. The van der Waals surface area contributed by atoms with Gasteiger partial charge in [0.15, 0.2) is 5.69 Å². The lowest BCUT2D eigenvalue weighted by atomic mass is 9.97. The number of nitrogens with one attached hydrogen (secondary N) is 1. The summed E-state index contributed by atoms with van der Waals surface area (Å²) in [5.74, 6) is -2.55. The number of carbonyl (C=O) groups excluding carboxylic acids is 3. The Bertz CT molecular complexity index is 1520. The van der Waals surface area contributed by atoms with Crippen LogP contribution in [-0.4, -0.2) is 32.6 Å². The van der Waals surface area contributed by atoms with E-state index in [0.29, 0.717) is 29.0 Å². The van der Waals surface area contributed by atoms with Crippen molar-refractivity contribution in [3.63, 3.8) is 0 Å². The predicted octanol–water partition coefficient (Wildman–Crippen LogP) is 4.20. The molecule has 4 rings (SSSR count). The number of hydrogen-bond acceptors (Lipinski definition) is 7. The predicted molar refractivity (Wildman–Crippen MR) is 145 cm³/mol. The lowest BCUT2D eigenvalue weighted by molar-refractivity contribution is -0.124. The van der Waals surface area contributed by atoms with Crippen LogP contribution in [0.25, 0.3) is 10.9 Å². The van der Waals surface area contributed by atoms with Crippen molar-refractivity contribution in [2.24, 2.45) is 5.73 Å². The molecule has 2 aromatic carbocycles. The minimum Gasteiger partial charge on any atom is -0.395 e. The molecule has 0 spiro atoms. The molecule has 0 radical (unpaired) electrons. The van der Waals surface area contributed by atoms with Crippen molar-refractivity contribution >= 4 is 51.5 Å². The van der Waals surface area contributed by atoms with Crippen molar-refractivity contribution in [3.05, 3.63) is 82.7 Å². The molecule has 9 nitrogen and oxygen atoms in total. The van der Waals surface area contributed by atoms with Crippen LogP contribution >= 0.6 is 11.5 Å². The number of halogens is 1. The summed E-state index contributed by atoms with van der Waals surface area (Å²) >= 11 is 0.700. The molecule has 38 heavy (non-hydrogen) atoms. The van der Waals surface area contributed by atoms with E-state index in [-0.39, 0.29) is 21.9 Å². The molecule has 4 aromatic rings. The first kappa shape index (κ1) is 26.7. The van der Waals surface area contributed by atoms with Crippen molar-refractivity contribution < 1.29 is 18.8 Å². The van der Waals surface area contributed by atoms with Crippen LogP contribution in [0.3, 0.4) is 0 Å². The van der Waals surface area contributed by atoms with Crippen LogP contribution in [0.4, 0.5) is 15.8 Å². The Balaban J connectivity index is 1.94. The normalized spacial score (nSPS) is 12.2. The van der Waals surface area contributed by atoms with Crippen LogP contribution in [0, 0.1) is 5.82 Å². The summed E-state index contributed by atoms with van der Waals surface area (Å²) in [6.45, 7) is 5.68. The van der Waals surface area contributed by atoms with Gasteiger partial charge in [0.25, 0.3) is 11.8 Å². The maximum Gasteiger partial charge on any atom is 0.273 e. The largest absolute Gasteiger partial charge is 0.395 e. The van der Waals surface area contributed by atoms with E-state index in [1.54, 1.807) is 30.5 Å². The van der Waals surface area contributed by atoms with Crippen molar-refractivity contribution in [2.45, 2.75) is 38.8 Å². The number of nitrogen functional groups attached to an aromatic ring is 1. The number of anilines is 2. The maximum absolute atomic E-state index is 14.1. The topological polar surface area (TPSA) is 144 Å². The molecule has 0 unspecified atom stereocenters. The number of nitrogens with zero attached hydrogens (tertiary/aromatic N) is 3. The zero-order valence-electron chi connectivity index (χ0n) is 21.1. The molecule has 0 aliphatic carbocycles. The number of rotatable bonds is 8. The number of fused-ring (bicyclic) bond motifs is 1. The molecule has 0 saturated heterocycles. The van der Waals surface area contributed by atoms with E-state index in [0.717, 1.165) is 5.39 Å². The number of amides is 3. The third kappa shape index (κ3) is 5.32. The average Bonchev–Trinajstić information content (AvgIpc) is 3.28. The van der Waals surface area contributed by atoms with Crippen molar-refractivity contribution in [1.82, 2.24) is 14.7 Å². The fourth-order valence-corrected chi connectivity index (χ4v) is 4.64. The quantitative estimate of drug-likeness (QED) is 0.309. The van der Waals surface area contributed by atoms with Gasteiger partial charge >= 0.3 is 0 Å². The number of aromatic nitrogens is 2. The first-order valence-corrected chi connectivity index (χ1v) is 12.6. The number of hydrogen-bond donors (Lipinski definition) is 3. The van der Waals surface area contributed by atoms with Gasteiger partial charge in [0.2, 0.25) is 5.91 Å². The minimum atomic E-state index is -1.19. The minimum absolute atomic E-state index is 0.0712. The van der Waals surface area contributed by atoms with Crippen molar-refractivity contribution in [1.29, 1.82) is 0 Å². The fraction of sp³-hybridized carbons (Fsp3) is 0.222. The second-order valence-electron chi connectivity index (χ2n) is 9.37. The summed E-state index contributed by atoms with van der Waals surface area (Å²) in [5.41, 5.74) is 11.9. The zero-order chi connectivity index (χ0) is 27.6. The monoisotopic (exact) mass is 534 g/mol. The highest BCUT2D eigenvalue weighted by molar-refractivity contribution is 7.09. The number of benzene rings is 2. The van der Waals surface area contributed by atoms with Gasteiger partial charge in [0, 0.05) is 22.8 Å². The summed E-state index contributed by atoms with van der Waals surface area (Å²) in [7, 11) is 0. The summed E-state index contributed by atoms with van der Waals surface area (Å²) in [4.78, 5) is 45.3. The zero-order valence-corrected chi connectivity index (χ0v) is 21.9. The van der Waals surface area contributed by atoms with Crippen LogP contribution < -0.4 is 21.7 Å².